The molecule has 6 nitrogen and oxygen atoms in total. The quantitative estimate of drug-likeness (QED) is 0.801. The van der Waals surface area contributed by atoms with Crippen LogP contribution in [0.15, 0.2) is 22.8 Å². The zero-order chi connectivity index (χ0) is 16.9. The molecular weight excluding hydrogens is 294 g/mol. The molecule has 2 amide bonds. The number of nitrogens with zero attached hydrogens (tertiary/aromatic N) is 1. The molecule has 1 aliphatic heterocycles. The van der Waals surface area contributed by atoms with Gasteiger partial charge >= 0.3 is 0 Å². The number of rotatable bonds is 7. The van der Waals surface area contributed by atoms with E-state index >= 15 is 0 Å². The van der Waals surface area contributed by atoms with E-state index in [9.17, 15) is 9.59 Å². The topological polar surface area (TPSA) is 74.6 Å². The number of likely N-dealkylation sites (tertiary alicyclic amines) is 1. The van der Waals surface area contributed by atoms with Crippen LogP contribution in [0.4, 0.5) is 0 Å². The van der Waals surface area contributed by atoms with Crippen LogP contribution >= 0.6 is 0 Å². The van der Waals surface area contributed by atoms with Gasteiger partial charge in [0, 0.05) is 5.54 Å². The Hall–Kier alpha value is -1.82. The molecule has 1 unspecified atom stereocenters. The van der Waals surface area contributed by atoms with Crippen molar-refractivity contribution < 1.29 is 14.0 Å². The highest BCUT2D eigenvalue weighted by atomic mass is 16.3. The van der Waals surface area contributed by atoms with Crippen LogP contribution in [0.1, 0.15) is 45.8 Å². The van der Waals surface area contributed by atoms with E-state index < -0.39 is 0 Å². The van der Waals surface area contributed by atoms with Gasteiger partial charge in [0.05, 0.1) is 25.4 Å². The van der Waals surface area contributed by atoms with E-state index in [1.54, 1.807) is 12.3 Å². The van der Waals surface area contributed by atoms with Crippen LogP contribution in [0.3, 0.4) is 0 Å². The molecule has 2 rings (SSSR count). The van der Waals surface area contributed by atoms with Crippen LogP contribution in [0, 0.1) is 0 Å². The second-order valence-electron chi connectivity index (χ2n) is 6.71. The Kier molecular flexibility index (Phi) is 5.82. The highest BCUT2D eigenvalue weighted by Crippen LogP contribution is 2.17. The zero-order valence-electron chi connectivity index (χ0n) is 14.2. The van der Waals surface area contributed by atoms with Gasteiger partial charge in [-0.1, -0.05) is 6.92 Å². The number of hydrogen-bond acceptors (Lipinski definition) is 4. The van der Waals surface area contributed by atoms with Gasteiger partial charge in [0.25, 0.3) is 0 Å². The zero-order valence-corrected chi connectivity index (χ0v) is 14.2. The Morgan fingerprint density at radius 3 is 2.87 bits per heavy atom. The summed E-state index contributed by atoms with van der Waals surface area (Å²) in [6.45, 7) is 7.47. The molecule has 1 saturated heterocycles. The molecule has 0 radical (unpaired) electrons. The summed E-state index contributed by atoms with van der Waals surface area (Å²) < 4.78 is 5.21. The number of furan rings is 1. The minimum Gasteiger partial charge on any atom is -0.467 e. The van der Waals surface area contributed by atoms with Crippen molar-refractivity contribution in [2.75, 3.05) is 13.1 Å². The van der Waals surface area contributed by atoms with Gasteiger partial charge < -0.3 is 15.1 Å². The van der Waals surface area contributed by atoms with Crippen molar-refractivity contribution in [1.82, 2.24) is 15.5 Å². The summed E-state index contributed by atoms with van der Waals surface area (Å²) >= 11 is 0. The lowest BCUT2D eigenvalue weighted by Gasteiger charge is -2.28. The molecule has 6 heteroatoms. The minimum absolute atomic E-state index is 0.0254. The van der Waals surface area contributed by atoms with Crippen molar-refractivity contribution in [2.24, 2.45) is 0 Å². The predicted molar refractivity (Wildman–Crippen MR) is 87.7 cm³/mol. The van der Waals surface area contributed by atoms with Crippen molar-refractivity contribution in [3.63, 3.8) is 0 Å². The summed E-state index contributed by atoms with van der Waals surface area (Å²) in [6, 6.07) is 3.39. The third-order valence-electron chi connectivity index (χ3n) is 4.39. The summed E-state index contributed by atoms with van der Waals surface area (Å²) in [6.07, 6.45) is 4.17. The second-order valence-corrected chi connectivity index (χ2v) is 6.71. The van der Waals surface area contributed by atoms with Crippen molar-refractivity contribution in [3.8, 4) is 0 Å². The SMILES string of the molecule is CCC(C)(C)NC(=O)CN1CCCC1C(=O)NCc1ccco1. The first-order valence-electron chi connectivity index (χ1n) is 8.26. The number of carbonyl (C=O) groups excluding carboxylic acids is 2. The Morgan fingerprint density at radius 2 is 2.22 bits per heavy atom. The lowest BCUT2D eigenvalue weighted by molar-refractivity contribution is -0.128. The maximum Gasteiger partial charge on any atom is 0.237 e. The van der Waals surface area contributed by atoms with Crippen molar-refractivity contribution in [3.05, 3.63) is 24.2 Å². The van der Waals surface area contributed by atoms with Crippen LogP contribution in [-0.2, 0) is 16.1 Å². The number of hydrogen-bond donors (Lipinski definition) is 2. The third-order valence-corrected chi connectivity index (χ3v) is 4.39. The van der Waals surface area contributed by atoms with Gasteiger partial charge in [-0.2, -0.15) is 0 Å². The van der Waals surface area contributed by atoms with E-state index in [0.29, 0.717) is 6.54 Å². The number of nitrogens with one attached hydrogen (secondary N) is 2. The van der Waals surface area contributed by atoms with Gasteiger partial charge in [-0.05, 0) is 51.8 Å². The fraction of sp³-hybridized carbons (Fsp3) is 0.647. The molecule has 2 heterocycles. The summed E-state index contributed by atoms with van der Waals surface area (Å²) in [4.78, 5) is 26.5. The third kappa shape index (κ3) is 5.10. The monoisotopic (exact) mass is 321 g/mol. The Labute approximate surface area is 137 Å². The van der Waals surface area contributed by atoms with E-state index in [2.05, 4.69) is 10.6 Å². The average Bonchev–Trinajstić information content (AvgIpc) is 3.15. The number of amides is 2. The average molecular weight is 321 g/mol. The van der Waals surface area contributed by atoms with Crippen LogP contribution < -0.4 is 10.6 Å². The summed E-state index contributed by atoms with van der Waals surface area (Å²) in [5.74, 6) is 0.661. The minimum atomic E-state index is -0.236. The van der Waals surface area contributed by atoms with Crippen molar-refractivity contribution in [2.45, 2.75) is 58.2 Å². The molecule has 1 fully saturated rings. The molecule has 0 aliphatic carbocycles. The Bertz CT molecular complexity index is 525. The van der Waals surface area contributed by atoms with Gasteiger partial charge in [0.1, 0.15) is 5.76 Å². The Balaban J connectivity index is 1.84. The molecule has 1 aromatic rings. The standard InChI is InChI=1S/C17H27N3O3/c1-4-17(2,3)19-15(21)12-20-9-5-8-14(20)16(22)18-11-13-7-6-10-23-13/h6-7,10,14H,4-5,8-9,11-12H2,1-3H3,(H,18,22)(H,19,21). The molecule has 0 saturated carbocycles. The molecule has 2 N–H and O–H groups in total. The molecule has 1 atom stereocenters. The van der Waals surface area contributed by atoms with E-state index in [4.69, 9.17) is 4.42 Å². The van der Waals surface area contributed by atoms with Gasteiger partial charge in [0.15, 0.2) is 0 Å². The van der Waals surface area contributed by atoms with Gasteiger partial charge in [-0.15, -0.1) is 0 Å². The molecule has 23 heavy (non-hydrogen) atoms. The fourth-order valence-corrected chi connectivity index (χ4v) is 2.71. The lowest BCUT2D eigenvalue weighted by atomic mass is 10.0. The predicted octanol–water partition coefficient (Wildman–Crippen LogP) is 1.66. The first-order chi connectivity index (χ1) is 10.9. The van der Waals surface area contributed by atoms with Crippen LogP contribution in [-0.4, -0.2) is 41.4 Å². The highest BCUT2D eigenvalue weighted by molar-refractivity contribution is 5.84. The van der Waals surface area contributed by atoms with Crippen LogP contribution in [0.5, 0.6) is 0 Å². The highest BCUT2D eigenvalue weighted by Gasteiger charge is 2.32. The normalized spacial score (nSPS) is 18.8. The van der Waals surface area contributed by atoms with Crippen LogP contribution in [0.2, 0.25) is 0 Å². The van der Waals surface area contributed by atoms with E-state index in [-0.39, 0.29) is 29.9 Å². The van der Waals surface area contributed by atoms with E-state index in [0.717, 1.165) is 31.6 Å². The van der Waals surface area contributed by atoms with Gasteiger partial charge in [-0.3, -0.25) is 14.5 Å². The van der Waals surface area contributed by atoms with E-state index in [1.165, 1.54) is 0 Å². The molecular formula is C17H27N3O3. The van der Waals surface area contributed by atoms with Gasteiger partial charge in [-0.25, -0.2) is 0 Å². The first-order valence-corrected chi connectivity index (χ1v) is 8.26. The van der Waals surface area contributed by atoms with E-state index in [1.807, 2.05) is 31.7 Å². The molecule has 128 valence electrons. The molecule has 1 aromatic heterocycles. The van der Waals surface area contributed by atoms with Gasteiger partial charge in [0.2, 0.25) is 11.8 Å². The summed E-state index contributed by atoms with van der Waals surface area (Å²) in [7, 11) is 0. The van der Waals surface area contributed by atoms with Crippen molar-refractivity contribution in [1.29, 1.82) is 0 Å². The second kappa shape index (κ2) is 7.64. The molecule has 0 spiro atoms. The molecule has 0 bridgehead atoms. The summed E-state index contributed by atoms with van der Waals surface area (Å²) in [5, 5.41) is 5.90. The largest absolute Gasteiger partial charge is 0.467 e. The van der Waals surface area contributed by atoms with Crippen LogP contribution in [0.25, 0.3) is 0 Å². The first kappa shape index (κ1) is 17.5. The summed E-state index contributed by atoms with van der Waals surface area (Å²) in [5.41, 5.74) is -0.214. The smallest absolute Gasteiger partial charge is 0.237 e. The fourth-order valence-electron chi connectivity index (χ4n) is 2.71. The number of carbonyl (C=O) groups is 2. The maximum absolute atomic E-state index is 12.3. The lowest BCUT2D eigenvalue weighted by Crippen LogP contribution is -2.50. The Morgan fingerprint density at radius 1 is 1.43 bits per heavy atom. The van der Waals surface area contributed by atoms with Crippen molar-refractivity contribution >= 4 is 11.8 Å². The molecule has 1 aliphatic rings. The molecule has 0 aromatic carbocycles. The maximum atomic E-state index is 12.3.